The summed E-state index contributed by atoms with van der Waals surface area (Å²) in [6.45, 7) is 7.22. The van der Waals surface area contributed by atoms with Crippen LogP contribution in [0.4, 0.5) is 5.69 Å². The fourth-order valence-electron chi connectivity index (χ4n) is 5.07. The van der Waals surface area contributed by atoms with Gasteiger partial charge in [0.05, 0.1) is 29.4 Å². The Morgan fingerprint density at radius 1 is 1.00 bits per heavy atom. The SMILES string of the molecule is COCCOc1ccc(N2C(=S)N[C@@H](c3ccccn3)[C@@H]2c2cc(C)n(-c3ncccc3C)c2C)cc1Cl. The number of pyridine rings is 2. The molecule has 1 N–H and O–H groups in total. The molecular weight excluding hydrogens is 518 g/mol. The van der Waals surface area contributed by atoms with Gasteiger partial charge in [0.15, 0.2) is 5.11 Å². The van der Waals surface area contributed by atoms with Crippen LogP contribution in [0, 0.1) is 20.8 Å². The summed E-state index contributed by atoms with van der Waals surface area (Å²) in [7, 11) is 1.64. The monoisotopic (exact) mass is 547 g/mol. The van der Waals surface area contributed by atoms with Gasteiger partial charge < -0.3 is 24.3 Å². The molecule has 4 heterocycles. The first-order chi connectivity index (χ1) is 18.4. The second kappa shape index (κ2) is 11.1. The fraction of sp³-hybridized carbons (Fsp3) is 0.276. The molecule has 0 spiro atoms. The van der Waals surface area contributed by atoms with Crippen molar-refractivity contribution in [3.63, 3.8) is 0 Å². The Bertz CT molecular complexity index is 1460. The molecule has 3 aromatic heterocycles. The third-order valence-corrected chi connectivity index (χ3v) is 7.43. The van der Waals surface area contributed by atoms with Gasteiger partial charge in [-0.05, 0) is 86.6 Å². The van der Waals surface area contributed by atoms with E-state index in [1.807, 2.05) is 54.9 Å². The van der Waals surface area contributed by atoms with Gasteiger partial charge in [-0.1, -0.05) is 23.7 Å². The van der Waals surface area contributed by atoms with Crippen LogP contribution in [0.5, 0.6) is 5.75 Å². The van der Waals surface area contributed by atoms with Gasteiger partial charge in [-0.2, -0.15) is 0 Å². The van der Waals surface area contributed by atoms with E-state index in [0.29, 0.717) is 29.1 Å². The summed E-state index contributed by atoms with van der Waals surface area (Å²) in [5.41, 5.74) is 6.21. The lowest BCUT2D eigenvalue weighted by Gasteiger charge is -2.28. The third kappa shape index (κ3) is 4.87. The van der Waals surface area contributed by atoms with E-state index in [1.165, 1.54) is 0 Å². The fourth-order valence-corrected chi connectivity index (χ4v) is 5.64. The Labute approximate surface area is 233 Å². The van der Waals surface area contributed by atoms with Crippen LogP contribution >= 0.6 is 23.8 Å². The number of hydrogen-bond acceptors (Lipinski definition) is 5. The minimum Gasteiger partial charge on any atom is -0.490 e. The molecule has 2 atom stereocenters. The highest BCUT2D eigenvalue weighted by Gasteiger charge is 2.42. The molecule has 0 aliphatic carbocycles. The molecule has 0 bridgehead atoms. The predicted molar refractivity (Wildman–Crippen MR) is 155 cm³/mol. The number of halogens is 1. The molecule has 5 rings (SSSR count). The number of methoxy groups -OCH3 is 1. The summed E-state index contributed by atoms with van der Waals surface area (Å²) in [5, 5.41) is 4.64. The average molecular weight is 548 g/mol. The molecule has 0 amide bonds. The topological polar surface area (TPSA) is 64.4 Å². The summed E-state index contributed by atoms with van der Waals surface area (Å²) in [5.74, 6) is 1.52. The van der Waals surface area contributed by atoms with Crippen molar-refractivity contribution in [3.05, 3.63) is 100 Å². The van der Waals surface area contributed by atoms with Crippen LogP contribution in [0.1, 0.15) is 40.3 Å². The number of hydrogen-bond donors (Lipinski definition) is 1. The minimum absolute atomic E-state index is 0.168. The summed E-state index contributed by atoms with van der Waals surface area (Å²) in [4.78, 5) is 11.5. The molecule has 1 aliphatic rings. The van der Waals surface area contributed by atoms with Crippen LogP contribution in [-0.4, -0.2) is 40.0 Å². The van der Waals surface area contributed by atoms with Crippen molar-refractivity contribution in [2.45, 2.75) is 32.9 Å². The number of rotatable bonds is 8. The molecule has 1 saturated heterocycles. The maximum absolute atomic E-state index is 6.66. The lowest BCUT2D eigenvalue weighted by Crippen LogP contribution is -2.29. The quantitative estimate of drug-likeness (QED) is 0.213. The zero-order chi connectivity index (χ0) is 26.8. The Morgan fingerprint density at radius 2 is 1.82 bits per heavy atom. The first-order valence-corrected chi connectivity index (χ1v) is 13.2. The molecule has 1 aliphatic heterocycles. The van der Waals surface area contributed by atoms with Crippen LogP contribution in [-0.2, 0) is 4.74 Å². The second-order valence-corrected chi connectivity index (χ2v) is 10.1. The number of nitrogens with one attached hydrogen (secondary N) is 1. The highest BCUT2D eigenvalue weighted by atomic mass is 35.5. The number of thiocarbonyl (C=S) groups is 1. The van der Waals surface area contributed by atoms with Crippen molar-refractivity contribution in [2.75, 3.05) is 25.2 Å². The summed E-state index contributed by atoms with van der Waals surface area (Å²) in [6, 6.07) is 17.6. The van der Waals surface area contributed by atoms with E-state index < -0.39 is 0 Å². The highest BCUT2D eigenvalue weighted by Crippen LogP contribution is 2.45. The van der Waals surface area contributed by atoms with E-state index in [4.69, 9.17) is 33.3 Å². The van der Waals surface area contributed by atoms with Gasteiger partial charge in [0, 0.05) is 36.6 Å². The minimum atomic E-state index is -0.169. The van der Waals surface area contributed by atoms with Crippen LogP contribution in [0.15, 0.2) is 67.0 Å². The lowest BCUT2D eigenvalue weighted by molar-refractivity contribution is 0.146. The first-order valence-electron chi connectivity index (χ1n) is 12.4. The van der Waals surface area contributed by atoms with E-state index in [9.17, 15) is 0 Å². The van der Waals surface area contributed by atoms with Crippen LogP contribution in [0.2, 0.25) is 5.02 Å². The molecule has 7 nitrogen and oxygen atoms in total. The lowest BCUT2D eigenvalue weighted by atomic mass is 9.96. The van der Waals surface area contributed by atoms with Crippen molar-refractivity contribution in [2.24, 2.45) is 0 Å². The van der Waals surface area contributed by atoms with Gasteiger partial charge in [0.1, 0.15) is 18.2 Å². The predicted octanol–water partition coefficient (Wildman–Crippen LogP) is 6.05. The maximum atomic E-state index is 6.66. The summed E-state index contributed by atoms with van der Waals surface area (Å²) >= 11 is 12.6. The van der Waals surface area contributed by atoms with E-state index >= 15 is 0 Å². The molecule has 9 heteroatoms. The van der Waals surface area contributed by atoms with Gasteiger partial charge >= 0.3 is 0 Å². The number of aromatic nitrogens is 3. The molecular formula is C29H30ClN5O2S. The van der Waals surface area contributed by atoms with Crippen LogP contribution < -0.4 is 15.0 Å². The molecule has 0 radical (unpaired) electrons. The van der Waals surface area contributed by atoms with E-state index in [2.05, 4.69) is 57.7 Å². The van der Waals surface area contributed by atoms with Gasteiger partial charge in [-0.25, -0.2) is 4.98 Å². The van der Waals surface area contributed by atoms with Crippen LogP contribution in [0.3, 0.4) is 0 Å². The molecule has 0 saturated carbocycles. The smallest absolute Gasteiger partial charge is 0.174 e. The van der Waals surface area contributed by atoms with Gasteiger partial charge in [0.2, 0.25) is 0 Å². The van der Waals surface area contributed by atoms with Gasteiger partial charge in [-0.15, -0.1) is 0 Å². The van der Waals surface area contributed by atoms with Crippen molar-refractivity contribution in [1.82, 2.24) is 19.9 Å². The van der Waals surface area contributed by atoms with Gasteiger partial charge in [0.25, 0.3) is 0 Å². The summed E-state index contributed by atoms with van der Waals surface area (Å²) in [6.07, 6.45) is 3.64. The van der Waals surface area contributed by atoms with Crippen molar-refractivity contribution < 1.29 is 9.47 Å². The second-order valence-electron chi connectivity index (χ2n) is 9.26. The standard InChI is InChI=1S/C29H30ClN5O2S/c1-18-8-7-13-32-28(18)34-19(2)16-22(20(34)3)27-26(24-9-5-6-12-31-24)33-29(38)35(27)21-10-11-25(23(30)17-21)37-15-14-36-4/h5-13,16-17,26-27H,14-15H2,1-4H3,(H,33,38)/t26-,27-/m0/s1. The number of nitrogens with zero attached hydrogens (tertiary/aromatic N) is 4. The molecule has 1 fully saturated rings. The molecule has 196 valence electrons. The molecule has 0 unspecified atom stereocenters. The summed E-state index contributed by atoms with van der Waals surface area (Å²) < 4.78 is 13.1. The zero-order valence-electron chi connectivity index (χ0n) is 21.8. The molecule has 1 aromatic carbocycles. The Kier molecular flexibility index (Phi) is 7.65. The highest BCUT2D eigenvalue weighted by molar-refractivity contribution is 7.80. The number of ether oxygens (including phenoxy) is 2. The largest absolute Gasteiger partial charge is 0.490 e. The molecule has 38 heavy (non-hydrogen) atoms. The van der Waals surface area contributed by atoms with Crippen molar-refractivity contribution in [3.8, 4) is 11.6 Å². The van der Waals surface area contributed by atoms with E-state index in [1.54, 1.807) is 7.11 Å². The maximum Gasteiger partial charge on any atom is 0.174 e. The van der Waals surface area contributed by atoms with E-state index in [-0.39, 0.29) is 12.1 Å². The Hall–Kier alpha value is -3.46. The van der Waals surface area contributed by atoms with Gasteiger partial charge in [-0.3, -0.25) is 4.98 Å². The van der Waals surface area contributed by atoms with Crippen molar-refractivity contribution in [1.29, 1.82) is 0 Å². The first kappa shape index (κ1) is 26.2. The number of aryl methyl sites for hydroxylation is 2. The number of benzene rings is 1. The zero-order valence-corrected chi connectivity index (χ0v) is 23.4. The third-order valence-electron chi connectivity index (χ3n) is 6.82. The molecule has 4 aromatic rings. The Morgan fingerprint density at radius 3 is 2.53 bits per heavy atom. The number of anilines is 1. The Balaban J connectivity index is 1.61. The van der Waals surface area contributed by atoms with Crippen molar-refractivity contribution >= 4 is 34.6 Å². The van der Waals surface area contributed by atoms with Crippen LogP contribution in [0.25, 0.3) is 5.82 Å². The normalized spacial score (nSPS) is 17.1. The average Bonchev–Trinajstić information content (AvgIpc) is 3.41. The van der Waals surface area contributed by atoms with E-state index in [0.717, 1.165) is 39.7 Å².